The molecule has 0 saturated heterocycles. The first-order valence-corrected chi connectivity index (χ1v) is 10.8. The van der Waals surface area contributed by atoms with Crippen LogP contribution >= 0.6 is 0 Å². The molecule has 2 aromatic rings. The Balaban J connectivity index is 1.44. The van der Waals surface area contributed by atoms with Gasteiger partial charge in [0.15, 0.2) is 0 Å². The summed E-state index contributed by atoms with van der Waals surface area (Å²) >= 11 is 0. The van der Waals surface area contributed by atoms with Crippen molar-refractivity contribution in [3.8, 4) is 0 Å². The largest absolute Gasteiger partial charge is 0.491 e. The molecule has 2 N–H and O–H groups in total. The molecule has 0 radical (unpaired) electrons. The van der Waals surface area contributed by atoms with Crippen molar-refractivity contribution >= 4 is 11.8 Å². The van der Waals surface area contributed by atoms with Gasteiger partial charge >= 0.3 is 0 Å². The third kappa shape index (κ3) is 6.29. The molecule has 0 unspecified atom stereocenters. The van der Waals surface area contributed by atoms with E-state index in [1.807, 2.05) is 48.8 Å². The number of allylic oxidation sites excluding steroid dienone is 1. The summed E-state index contributed by atoms with van der Waals surface area (Å²) in [7, 11) is 0. The number of nitrogens with one attached hydrogen (secondary N) is 2. The van der Waals surface area contributed by atoms with Crippen LogP contribution in [0.1, 0.15) is 76.1 Å². The quantitative estimate of drug-likeness (QED) is 0.378. The molecule has 0 amide bonds. The van der Waals surface area contributed by atoms with Crippen molar-refractivity contribution in [2.75, 3.05) is 6.61 Å². The third-order valence-corrected chi connectivity index (χ3v) is 5.05. The number of ether oxygens (including phenoxy) is 1. The fourth-order valence-electron chi connectivity index (χ4n) is 3.44. The van der Waals surface area contributed by atoms with Crippen molar-refractivity contribution < 1.29 is 4.74 Å². The van der Waals surface area contributed by atoms with Crippen molar-refractivity contribution in [1.29, 1.82) is 0 Å². The van der Waals surface area contributed by atoms with E-state index in [4.69, 9.17) is 9.73 Å². The fraction of sp³-hybridized carbons (Fsp3) is 0.458. The van der Waals surface area contributed by atoms with Crippen LogP contribution in [0.25, 0.3) is 6.08 Å². The average Bonchev–Trinajstić information content (AvgIpc) is 3.45. The second-order valence-corrected chi connectivity index (χ2v) is 7.42. The summed E-state index contributed by atoms with van der Waals surface area (Å²) in [4.78, 5) is 11.2. The molecule has 1 aliphatic rings. The number of hydrogen-bond acceptors (Lipinski definition) is 2. The first-order chi connectivity index (χ1) is 13.9. The summed E-state index contributed by atoms with van der Waals surface area (Å²) < 4.78 is 6.10. The lowest BCUT2D eigenvalue weighted by molar-refractivity contribution is 0.214. The fourth-order valence-corrected chi connectivity index (χ4v) is 3.44. The molecule has 150 valence electrons. The summed E-state index contributed by atoms with van der Waals surface area (Å²) in [5, 5.41) is 0. The highest BCUT2D eigenvalue weighted by atomic mass is 16.5. The number of nitrogens with zero attached hydrogens (tertiary/aromatic N) is 1. The molecule has 4 heteroatoms. The van der Waals surface area contributed by atoms with E-state index in [0.29, 0.717) is 0 Å². The van der Waals surface area contributed by atoms with E-state index < -0.39 is 0 Å². The molecule has 0 saturated carbocycles. The molecule has 0 spiro atoms. The second kappa shape index (κ2) is 11.4. The Morgan fingerprint density at radius 1 is 0.893 bits per heavy atom. The van der Waals surface area contributed by atoms with Crippen LogP contribution in [0.3, 0.4) is 0 Å². The van der Waals surface area contributed by atoms with Crippen LogP contribution in [0.2, 0.25) is 0 Å². The van der Waals surface area contributed by atoms with Crippen molar-refractivity contribution in [1.82, 2.24) is 9.97 Å². The van der Waals surface area contributed by atoms with Gasteiger partial charge < -0.3 is 14.7 Å². The van der Waals surface area contributed by atoms with Crippen LogP contribution in [-0.2, 0) is 4.74 Å². The molecule has 1 aliphatic heterocycles. The van der Waals surface area contributed by atoms with Crippen molar-refractivity contribution in [2.45, 2.75) is 64.7 Å². The maximum absolute atomic E-state index is 6.10. The highest BCUT2D eigenvalue weighted by Crippen LogP contribution is 2.25. The molecule has 2 aromatic heterocycles. The van der Waals surface area contributed by atoms with Crippen LogP contribution in [0.5, 0.6) is 0 Å². The normalized spacial score (nSPS) is 15.1. The number of aromatic nitrogens is 2. The highest BCUT2D eigenvalue weighted by Gasteiger charge is 2.17. The van der Waals surface area contributed by atoms with Gasteiger partial charge in [-0.25, -0.2) is 4.99 Å². The molecule has 3 rings (SSSR count). The van der Waals surface area contributed by atoms with Crippen LogP contribution in [0.15, 0.2) is 59.2 Å². The standard InChI is InChI=1S/C24H33N3O/c1-2-3-4-5-6-7-8-9-10-17-28-24-19-22(21-14-12-16-26-21)27-23(24)18-20-13-11-15-25-20/h11-16,18-19,25-26H,2-10,17H2,1H3/b23-18+. The Morgan fingerprint density at radius 3 is 2.29 bits per heavy atom. The van der Waals surface area contributed by atoms with Gasteiger partial charge in [0.25, 0.3) is 0 Å². The molecular weight excluding hydrogens is 346 g/mol. The van der Waals surface area contributed by atoms with Crippen LogP contribution in [0.4, 0.5) is 0 Å². The maximum Gasteiger partial charge on any atom is 0.147 e. The maximum atomic E-state index is 6.10. The number of unbranched alkanes of at least 4 members (excludes halogenated alkanes) is 8. The number of rotatable bonds is 13. The van der Waals surface area contributed by atoms with Gasteiger partial charge in [-0.2, -0.15) is 0 Å². The van der Waals surface area contributed by atoms with Gasteiger partial charge in [-0.1, -0.05) is 58.3 Å². The van der Waals surface area contributed by atoms with Gasteiger partial charge in [0.05, 0.1) is 18.0 Å². The van der Waals surface area contributed by atoms with Gasteiger partial charge in [-0.3, -0.25) is 0 Å². The minimum atomic E-state index is 0.747. The summed E-state index contributed by atoms with van der Waals surface area (Å²) in [6, 6.07) is 8.04. The molecule has 3 heterocycles. The molecule has 0 aliphatic carbocycles. The van der Waals surface area contributed by atoms with E-state index in [9.17, 15) is 0 Å². The minimum Gasteiger partial charge on any atom is -0.491 e. The van der Waals surface area contributed by atoms with Gasteiger partial charge in [0.1, 0.15) is 11.5 Å². The number of hydrogen-bond donors (Lipinski definition) is 2. The topological polar surface area (TPSA) is 53.2 Å². The summed E-state index contributed by atoms with van der Waals surface area (Å²) in [6.07, 6.45) is 19.8. The Morgan fingerprint density at radius 2 is 1.61 bits per heavy atom. The van der Waals surface area contributed by atoms with Crippen molar-refractivity contribution in [3.63, 3.8) is 0 Å². The average molecular weight is 380 g/mol. The molecule has 0 bridgehead atoms. The van der Waals surface area contributed by atoms with Gasteiger partial charge in [-0.15, -0.1) is 0 Å². The van der Waals surface area contributed by atoms with E-state index in [1.54, 1.807) is 0 Å². The highest BCUT2D eigenvalue weighted by molar-refractivity contribution is 6.11. The number of aliphatic imine (C=N–C) groups is 1. The molecular formula is C24H33N3O. The van der Waals surface area contributed by atoms with E-state index >= 15 is 0 Å². The lowest BCUT2D eigenvalue weighted by atomic mass is 10.1. The Kier molecular flexibility index (Phi) is 8.23. The molecule has 28 heavy (non-hydrogen) atoms. The van der Waals surface area contributed by atoms with Crippen LogP contribution in [-0.4, -0.2) is 22.3 Å². The smallest absolute Gasteiger partial charge is 0.147 e. The minimum absolute atomic E-state index is 0.747. The SMILES string of the molecule is CCCCCCCCCCCOC1=CC(c2ccc[nH]2)=N/C1=C/c1ccc[nH]1. The Labute approximate surface area is 168 Å². The van der Waals surface area contributed by atoms with Gasteiger partial charge in [0, 0.05) is 24.2 Å². The molecule has 0 fully saturated rings. The summed E-state index contributed by atoms with van der Waals surface area (Å²) in [5.41, 5.74) is 3.84. The third-order valence-electron chi connectivity index (χ3n) is 5.05. The monoisotopic (exact) mass is 379 g/mol. The van der Waals surface area contributed by atoms with E-state index in [0.717, 1.165) is 41.6 Å². The van der Waals surface area contributed by atoms with E-state index in [1.165, 1.54) is 51.4 Å². The van der Waals surface area contributed by atoms with Gasteiger partial charge in [0.2, 0.25) is 0 Å². The number of H-pyrrole nitrogens is 2. The Hall–Kier alpha value is -2.49. The zero-order valence-electron chi connectivity index (χ0n) is 17.0. The predicted molar refractivity (Wildman–Crippen MR) is 117 cm³/mol. The van der Waals surface area contributed by atoms with Crippen LogP contribution < -0.4 is 0 Å². The second-order valence-electron chi connectivity index (χ2n) is 7.42. The zero-order valence-corrected chi connectivity index (χ0v) is 17.0. The molecule has 0 aromatic carbocycles. The van der Waals surface area contributed by atoms with Crippen LogP contribution in [0, 0.1) is 0 Å². The zero-order chi connectivity index (χ0) is 19.4. The first-order valence-electron chi connectivity index (χ1n) is 10.8. The van der Waals surface area contributed by atoms with E-state index in [-0.39, 0.29) is 0 Å². The van der Waals surface area contributed by atoms with E-state index in [2.05, 4.69) is 16.9 Å². The summed E-state index contributed by atoms with van der Waals surface area (Å²) in [6.45, 7) is 3.02. The Bertz CT molecular complexity index is 767. The summed E-state index contributed by atoms with van der Waals surface area (Å²) in [5.74, 6) is 0.860. The number of aromatic amines is 2. The van der Waals surface area contributed by atoms with Crippen molar-refractivity contribution in [3.05, 3.63) is 65.6 Å². The lowest BCUT2D eigenvalue weighted by Gasteiger charge is -2.08. The predicted octanol–water partition coefficient (Wildman–Crippen LogP) is 6.62. The first kappa shape index (κ1) is 20.2. The molecule has 0 atom stereocenters. The van der Waals surface area contributed by atoms with Gasteiger partial charge in [-0.05, 0) is 36.8 Å². The van der Waals surface area contributed by atoms with Crippen molar-refractivity contribution in [2.24, 2.45) is 4.99 Å². The molecule has 4 nitrogen and oxygen atoms in total. The lowest BCUT2D eigenvalue weighted by Crippen LogP contribution is -1.96.